The third-order valence-corrected chi connectivity index (χ3v) is 9.59. The van der Waals surface area contributed by atoms with E-state index in [2.05, 4.69) is 10.5 Å². The van der Waals surface area contributed by atoms with Gasteiger partial charge in [0.25, 0.3) is 5.91 Å². The number of ether oxygens (including phenoxy) is 1. The Hall–Kier alpha value is -1.49. The molecule has 5 rings (SSSR count). The van der Waals surface area contributed by atoms with Crippen molar-refractivity contribution in [2.45, 2.75) is 81.5 Å². The predicted molar refractivity (Wildman–Crippen MR) is 113 cm³/mol. The Kier molecular flexibility index (Phi) is 5.83. The number of piperidine rings is 1. The monoisotopic (exact) mass is 452 g/mol. The molecule has 2 atom stereocenters. The molecule has 2 unspecified atom stereocenters. The largest absolute Gasteiger partial charge is 0.380 e. The highest BCUT2D eigenvalue weighted by molar-refractivity contribution is 7.89. The average molecular weight is 453 g/mol. The standard InChI is InChI=1S/C21H32N4O5S/c22-15-3-1-13(2-4-15)12-31(27,28)25-17-5-6-18(25)8-16(7-17)23-21(26)19-9-20(30-24-19)14-10-29-11-14/h9,13-18H,1-8,10-12,22H2,(H,23,26). The van der Waals surface area contributed by atoms with Gasteiger partial charge in [0.15, 0.2) is 5.69 Å². The fraction of sp³-hybridized carbons (Fsp3) is 0.810. The van der Waals surface area contributed by atoms with E-state index in [1.807, 2.05) is 0 Å². The van der Waals surface area contributed by atoms with E-state index in [1.165, 1.54) is 0 Å². The number of fused-ring (bicyclic) bond motifs is 2. The molecule has 3 N–H and O–H groups in total. The van der Waals surface area contributed by atoms with Gasteiger partial charge in [0.2, 0.25) is 10.0 Å². The van der Waals surface area contributed by atoms with Gasteiger partial charge in [-0.3, -0.25) is 4.79 Å². The van der Waals surface area contributed by atoms with Crippen molar-refractivity contribution in [1.29, 1.82) is 0 Å². The van der Waals surface area contributed by atoms with Gasteiger partial charge in [0, 0.05) is 30.2 Å². The lowest BCUT2D eigenvalue weighted by molar-refractivity contribution is -0.00228. The van der Waals surface area contributed by atoms with Crippen LogP contribution in [0.3, 0.4) is 0 Å². The Morgan fingerprint density at radius 2 is 1.81 bits per heavy atom. The smallest absolute Gasteiger partial charge is 0.273 e. The maximum Gasteiger partial charge on any atom is 0.273 e. The fourth-order valence-corrected chi connectivity index (χ4v) is 8.09. The Labute approximate surface area is 183 Å². The molecule has 3 aliphatic heterocycles. The van der Waals surface area contributed by atoms with Gasteiger partial charge in [0.05, 0.1) is 24.9 Å². The van der Waals surface area contributed by atoms with E-state index in [0.717, 1.165) is 38.5 Å². The fourth-order valence-electron chi connectivity index (χ4n) is 5.69. The third-order valence-electron chi connectivity index (χ3n) is 7.46. The predicted octanol–water partition coefficient (Wildman–Crippen LogP) is 1.36. The molecule has 31 heavy (non-hydrogen) atoms. The zero-order valence-corrected chi connectivity index (χ0v) is 18.6. The van der Waals surface area contributed by atoms with Crippen molar-refractivity contribution in [3.05, 3.63) is 17.5 Å². The molecule has 4 heterocycles. The summed E-state index contributed by atoms with van der Waals surface area (Å²) in [5.74, 6) is 1.05. The first kappa shape index (κ1) is 21.4. The zero-order chi connectivity index (χ0) is 21.6. The normalized spacial score (nSPS) is 34.4. The SMILES string of the molecule is NC1CCC(CS(=O)(=O)N2C3CCC2CC(NC(=O)c2cc(C4COC4)on2)C3)CC1. The molecule has 1 amide bonds. The summed E-state index contributed by atoms with van der Waals surface area (Å²) in [4.78, 5) is 12.6. The number of carbonyl (C=O) groups is 1. The summed E-state index contributed by atoms with van der Waals surface area (Å²) in [6.45, 7) is 1.19. The van der Waals surface area contributed by atoms with E-state index in [0.29, 0.717) is 31.8 Å². The molecule has 1 aromatic heterocycles. The summed E-state index contributed by atoms with van der Waals surface area (Å²) in [6.07, 6.45) is 6.65. The summed E-state index contributed by atoms with van der Waals surface area (Å²) >= 11 is 0. The van der Waals surface area contributed by atoms with Crippen LogP contribution in [0.5, 0.6) is 0 Å². The van der Waals surface area contributed by atoms with Crippen molar-refractivity contribution >= 4 is 15.9 Å². The van der Waals surface area contributed by atoms with Gasteiger partial charge in [-0.1, -0.05) is 5.16 Å². The quantitative estimate of drug-likeness (QED) is 0.667. The molecule has 0 spiro atoms. The first-order valence-electron chi connectivity index (χ1n) is 11.5. The van der Waals surface area contributed by atoms with Crippen LogP contribution in [0.25, 0.3) is 0 Å². The van der Waals surface area contributed by atoms with Gasteiger partial charge < -0.3 is 20.3 Å². The molecule has 1 saturated carbocycles. The van der Waals surface area contributed by atoms with Crippen LogP contribution < -0.4 is 11.1 Å². The summed E-state index contributed by atoms with van der Waals surface area (Å²) in [5.41, 5.74) is 6.25. The molecule has 2 bridgehead atoms. The van der Waals surface area contributed by atoms with Gasteiger partial charge in [0.1, 0.15) is 5.76 Å². The zero-order valence-electron chi connectivity index (χ0n) is 17.7. The van der Waals surface area contributed by atoms with Crippen molar-refractivity contribution in [2.24, 2.45) is 11.7 Å². The van der Waals surface area contributed by atoms with Gasteiger partial charge in [-0.15, -0.1) is 0 Å². The molecule has 0 radical (unpaired) electrons. The first-order chi connectivity index (χ1) is 14.9. The van der Waals surface area contributed by atoms with Crippen molar-refractivity contribution in [3.8, 4) is 0 Å². The minimum Gasteiger partial charge on any atom is -0.380 e. The summed E-state index contributed by atoms with van der Waals surface area (Å²) < 4.78 is 38.7. The van der Waals surface area contributed by atoms with Gasteiger partial charge in [-0.2, -0.15) is 4.31 Å². The van der Waals surface area contributed by atoms with Crippen molar-refractivity contribution in [2.75, 3.05) is 19.0 Å². The lowest BCUT2D eigenvalue weighted by atomic mass is 9.88. The van der Waals surface area contributed by atoms with Crippen LogP contribution in [0.2, 0.25) is 0 Å². The van der Waals surface area contributed by atoms with Crippen molar-refractivity contribution in [3.63, 3.8) is 0 Å². The summed E-state index contributed by atoms with van der Waals surface area (Å²) in [6, 6.07) is 1.81. The number of carbonyl (C=O) groups excluding carboxylic acids is 1. The number of nitrogens with two attached hydrogens (primary N) is 1. The molecule has 4 aliphatic rings. The molecule has 3 saturated heterocycles. The number of sulfonamides is 1. The topological polar surface area (TPSA) is 128 Å². The number of amides is 1. The number of aromatic nitrogens is 1. The Balaban J connectivity index is 1.18. The van der Waals surface area contributed by atoms with E-state index in [9.17, 15) is 13.2 Å². The van der Waals surface area contributed by atoms with Crippen LogP contribution >= 0.6 is 0 Å². The van der Waals surface area contributed by atoms with Gasteiger partial charge >= 0.3 is 0 Å². The number of nitrogens with one attached hydrogen (secondary N) is 1. The van der Waals surface area contributed by atoms with Crippen LogP contribution in [0.1, 0.15) is 73.5 Å². The maximum absolute atomic E-state index is 13.2. The molecular weight excluding hydrogens is 420 g/mol. The second kappa shape index (κ2) is 8.46. The molecule has 0 aromatic carbocycles. The first-order valence-corrected chi connectivity index (χ1v) is 13.1. The molecule has 10 heteroatoms. The average Bonchev–Trinajstić information content (AvgIpc) is 3.26. The highest BCUT2D eigenvalue weighted by Crippen LogP contribution is 2.39. The van der Waals surface area contributed by atoms with E-state index < -0.39 is 10.0 Å². The third kappa shape index (κ3) is 4.40. The summed E-state index contributed by atoms with van der Waals surface area (Å²) in [7, 11) is -3.30. The molecule has 1 aliphatic carbocycles. The van der Waals surface area contributed by atoms with E-state index in [1.54, 1.807) is 10.4 Å². The van der Waals surface area contributed by atoms with Crippen molar-refractivity contribution < 1.29 is 22.5 Å². The number of nitrogens with zero attached hydrogens (tertiary/aromatic N) is 2. The highest BCUT2D eigenvalue weighted by Gasteiger charge is 2.47. The van der Waals surface area contributed by atoms with Gasteiger partial charge in [-0.05, 0) is 57.3 Å². The summed E-state index contributed by atoms with van der Waals surface area (Å²) in [5, 5.41) is 6.96. The van der Waals surface area contributed by atoms with Crippen molar-refractivity contribution in [1.82, 2.24) is 14.8 Å². The van der Waals surface area contributed by atoms with E-state index in [4.69, 9.17) is 15.0 Å². The minimum absolute atomic E-state index is 0.0279. The minimum atomic E-state index is -3.30. The molecule has 4 fully saturated rings. The molecule has 9 nitrogen and oxygen atoms in total. The number of rotatable bonds is 6. The molecule has 1 aromatic rings. The van der Waals surface area contributed by atoms with Crippen LogP contribution in [-0.2, 0) is 14.8 Å². The molecule has 172 valence electrons. The van der Waals surface area contributed by atoms with Crippen LogP contribution in [0.15, 0.2) is 10.6 Å². The van der Waals surface area contributed by atoms with Crippen LogP contribution in [0.4, 0.5) is 0 Å². The Morgan fingerprint density at radius 3 is 2.42 bits per heavy atom. The van der Waals surface area contributed by atoms with E-state index in [-0.39, 0.29) is 53.4 Å². The molecular formula is C21H32N4O5S. The Morgan fingerprint density at radius 1 is 1.13 bits per heavy atom. The van der Waals surface area contributed by atoms with Crippen LogP contribution in [-0.4, -0.2) is 66.9 Å². The lowest BCUT2D eigenvalue weighted by Crippen LogP contribution is -2.53. The van der Waals surface area contributed by atoms with Crippen LogP contribution in [0, 0.1) is 5.92 Å². The van der Waals surface area contributed by atoms with Gasteiger partial charge in [-0.25, -0.2) is 8.42 Å². The second-order valence-corrected chi connectivity index (χ2v) is 11.7. The lowest BCUT2D eigenvalue weighted by Gasteiger charge is -2.39. The second-order valence-electron chi connectivity index (χ2n) is 9.76. The number of hydrogen-bond acceptors (Lipinski definition) is 7. The maximum atomic E-state index is 13.2. The Bertz CT molecular complexity index is 893. The van der Waals surface area contributed by atoms with E-state index >= 15 is 0 Å². The number of hydrogen-bond donors (Lipinski definition) is 2. The highest BCUT2D eigenvalue weighted by atomic mass is 32.2.